The van der Waals surface area contributed by atoms with E-state index in [4.69, 9.17) is 0 Å². The third-order valence-electron chi connectivity index (χ3n) is 5.69. The van der Waals surface area contributed by atoms with Crippen molar-refractivity contribution in [3.63, 3.8) is 0 Å². The molecular weight excluding hydrogens is 378 g/mol. The fourth-order valence-corrected chi connectivity index (χ4v) is 3.97. The van der Waals surface area contributed by atoms with Crippen molar-refractivity contribution in [3.05, 3.63) is 60.4 Å². The molecule has 1 fully saturated rings. The first-order valence-corrected chi connectivity index (χ1v) is 10.1. The maximum Gasteiger partial charge on any atom is 0.275 e. The number of hydrogen-bond acceptors (Lipinski definition) is 5. The third-order valence-corrected chi connectivity index (χ3v) is 5.69. The first kappa shape index (κ1) is 18.5. The summed E-state index contributed by atoms with van der Waals surface area (Å²) in [5, 5.41) is 10.6. The van der Waals surface area contributed by atoms with Gasteiger partial charge in [-0.05, 0) is 38.4 Å². The minimum atomic E-state index is -0.293. The number of fused-ring (bicyclic) bond motifs is 1. The molecule has 0 unspecified atom stereocenters. The number of likely N-dealkylation sites (tertiary alicyclic amines) is 1. The Hall–Kier alpha value is -3.52. The van der Waals surface area contributed by atoms with Crippen LogP contribution in [0.4, 0.5) is 5.82 Å². The lowest BCUT2D eigenvalue weighted by Gasteiger charge is -2.19. The number of H-pyrrole nitrogens is 2. The summed E-state index contributed by atoms with van der Waals surface area (Å²) in [5.74, 6) is 0.203. The van der Waals surface area contributed by atoms with Gasteiger partial charge in [-0.2, -0.15) is 5.10 Å². The quantitative estimate of drug-likeness (QED) is 0.474. The minimum absolute atomic E-state index is 0.293. The number of nitrogens with zero attached hydrogens (tertiary/aromatic N) is 4. The van der Waals surface area contributed by atoms with Crippen molar-refractivity contribution >= 4 is 22.6 Å². The lowest BCUT2D eigenvalue weighted by atomic mass is 10.1. The third kappa shape index (κ3) is 3.69. The number of hydrogen-bond donors (Lipinski definition) is 3. The number of nitrogens with one attached hydrogen (secondary N) is 3. The first-order chi connectivity index (χ1) is 14.7. The van der Waals surface area contributed by atoms with E-state index in [-0.39, 0.29) is 5.91 Å². The maximum atomic E-state index is 12.6. The van der Waals surface area contributed by atoms with Crippen molar-refractivity contribution in [3.8, 4) is 11.1 Å². The van der Waals surface area contributed by atoms with Crippen LogP contribution in [0.15, 0.2) is 49.1 Å². The van der Waals surface area contributed by atoms with Crippen LogP contribution in [0.2, 0.25) is 0 Å². The number of pyridine rings is 2. The normalized spacial score (nSPS) is 16.9. The van der Waals surface area contributed by atoms with E-state index >= 15 is 0 Å². The van der Waals surface area contributed by atoms with Crippen LogP contribution < -0.4 is 5.32 Å². The van der Waals surface area contributed by atoms with Crippen LogP contribution in [0.25, 0.3) is 22.0 Å². The van der Waals surface area contributed by atoms with Gasteiger partial charge in [0, 0.05) is 59.5 Å². The summed E-state index contributed by atoms with van der Waals surface area (Å²) in [6, 6.07) is 8.16. The van der Waals surface area contributed by atoms with E-state index in [0.717, 1.165) is 35.1 Å². The summed E-state index contributed by atoms with van der Waals surface area (Å²) in [6.07, 6.45) is 9.46. The number of rotatable bonds is 5. The first-order valence-electron chi connectivity index (χ1n) is 10.1. The topological polar surface area (TPSA) is 103 Å². The SMILES string of the molecule is C[C@H]1CCCN1Cc1cc2cnc(NC(=O)c3ccc(-c4cn[nH]c4)cn3)cc2[nH]1. The highest BCUT2D eigenvalue weighted by Crippen LogP contribution is 2.23. The summed E-state index contributed by atoms with van der Waals surface area (Å²) in [4.78, 5) is 27.2. The molecule has 30 heavy (non-hydrogen) atoms. The maximum absolute atomic E-state index is 12.6. The molecule has 1 atom stereocenters. The van der Waals surface area contributed by atoms with Crippen molar-refractivity contribution in [1.29, 1.82) is 0 Å². The van der Waals surface area contributed by atoms with E-state index in [1.165, 1.54) is 18.5 Å². The van der Waals surface area contributed by atoms with E-state index in [2.05, 4.69) is 48.4 Å². The molecular formula is C22H23N7O. The van der Waals surface area contributed by atoms with Gasteiger partial charge < -0.3 is 10.3 Å². The number of aromatic amines is 2. The van der Waals surface area contributed by atoms with Gasteiger partial charge in [-0.3, -0.25) is 19.8 Å². The van der Waals surface area contributed by atoms with E-state index in [1.54, 1.807) is 30.9 Å². The average Bonchev–Trinajstić information content (AvgIpc) is 3.50. The van der Waals surface area contributed by atoms with Gasteiger partial charge in [-0.15, -0.1) is 0 Å². The minimum Gasteiger partial charge on any atom is -0.357 e. The molecule has 1 aliphatic heterocycles. The highest BCUT2D eigenvalue weighted by atomic mass is 16.1. The number of carbonyl (C=O) groups excluding carboxylic acids is 1. The van der Waals surface area contributed by atoms with Gasteiger partial charge in [-0.25, -0.2) is 4.98 Å². The lowest BCUT2D eigenvalue weighted by Crippen LogP contribution is -2.26. The second kappa shape index (κ2) is 7.72. The molecule has 1 amide bonds. The Morgan fingerprint density at radius 2 is 2.13 bits per heavy atom. The number of amides is 1. The zero-order valence-corrected chi connectivity index (χ0v) is 16.7. The summed E-state index contributed by atoms with van der Waals surface area (Å²) in [7, 11) is 0. The van der Waals surface area contributed by atoms with Crippen LogP contribution in [-0.2, 0) is 6.54 Å². The van der Waals surface area contributed by atoms with Gasteiger partial charge >= 0.3 is 0 Å². The van der Waals surface area contributed by atoms with Crippen LogP contribution in [0.1, 0.15) is 35.9 Å². The lowest BCUT2D eigenvalue weighted by molar-refractivity contribution is 0.102. The second-order valence-electron chi connectivity index (χ2n) is 7.79. The van der Waals surface area contributed by atoms with Crippen LogP contribution in [0.5, 0.6) is 0 Å². The summed E-state index contributed by atoms with van der Waals surface area (Å²) >= 11 is 0. The molecule has 0 aromatic carbocycles. The smallest absolute Gasteiger partial charge is 0.275 e. The Labute approximate surface area is 173 Å². The Morgan fingerprint density at radius 3 is 2.87 bits per heavy atom. The summed E-state index contributed by atoms with van der Waals surface area (Å²) < 4.78 is 0. The standard InChI is InChI=1S/C22H23N7O/c1-14-3-2-6-29(14)13-18-7-16-10-24-21(8-20(16)27-18)28-22(30)19-5-4-15(9-23-19)17-11-25-26-12-17/h4-5,7-12,14,27H,2-3,6,13H2,1H3,(H,25,26)(H,24,28,30)/t14-/m0/s1. The van der Waals surface area contributed by atoms with Gasteiger partial charge in [0.1, 0.15) is 11.5 Å². The molecule has 0 aliphatic carbocycles. The monoisotopic (exact) mass is 401 g/mol. The van der Waals surface area contributed by atoms with E-state index in [0.29, 0.717) is 17.6 Å². The highest BCUT2D eigenvalue weighted by Gasteiger charge is 2.20. The Morgan fingerprint density at radius 1 is 1.20 bits per heavy atom. The van der Waals surface area contributed by atoms with Crippen molar-refractivity contribution < 1.29 is 4.79 Å². The molecule has 4 aromatic heterocycles. The van der Waals surface area contributed by atoms with Gasteiger partial charge in [0.05, 0.1) is 11.7 Å². The zero-order valence-electron chi connectivity index (χ0n) is 16.7. The molecule has 5 heterocycles. The molecule has 0 bridgehead atoms. The van der Waals surface area contributed by atoms with E-state index in [1.807, 2.05) is 12.1 Å². The molecule has 8 nitrogen and oxygen atoms in total. The van der Waals surface area contributed by atoms with Crippen LogP contribution in [0.3, 0.4) is 0 Å². The molecule has 152 valence electrons. The predicted octanol–water partition coefficient (Wildman–Crippen LogP) is 3.58. The molecule has 0 radical (unpaired) electrons. The van der Waals surface area contributed by atoms with Crippen molar-refractivity contribution in [2.75, 3.05) is 11.9 Å². The molecule has 0 spiro atoms. The molecule has 1 aliphatic rings. The Bertz CT molecular complexity index is 1160. The summed E-state index contributed by atoms with van der Waals surface area (Å²) in [5.41, 5.74) is 4.28. The molecule has 8 heteroatoms. The van der Waals surface area contributed by atoms with Crippen molar-refractivity contribution in [2.45, 2.75) is 32.4 Å². The van der Waals surface area contributed by atoms with E-state index in [9.17, 15) is 4.79 Å². The van der Waals surface area contributed by atoms with Gasteiger partial charge in [0.15, 0.2) is 0 Å². The van der Waals surface area contributed by atoms with Gasteiger partial charge in [-0.1, -0.05) is 6.07 Å². The number of carbonyl (C=O) groups is 1. The number of anilines is 1. The van der Waals surface area contributed by atoms with Crippen LogP contribution in [-0.4, -0.2) is 48.5 Å². The largest absolute Gasteiger partial charge is 0.357 e. The predicted molar refractivity (Wildman–Crippen MR) is 115 cm³/mol. The van der Waals surface area contributed by atoms with Crippen molar-refractivity contribution in [2.24, 2.45) is 0 Å². The molecule has 3 N–H and O–H groups in total. The zero-order chi connectivity index (χ0) is 20.5. The summed E-state index contributed by atoms with van der Waals surface area (Å²) in [6.45, 7) is 4.33. The Balaban J connectivity index is 1.29. The Kier molecular flexibility index (Phi) is 4.76. The van der Waals surface area contributed by atoms with Gasteiger partial charge in [0.2, 0.25) is 0 Å². The fourth-order valence-electron chi connectivity index (χ4n) is 3.97. The molecule has 1 saturated heterocycles. The number of aromatic nitrogens is 5. The van der Waals surface area contributed by atoms with E-state index < -0.39 is 0 Å². The molecule has 5 rings (SSSR count). The molecule has 4 aromatic rings. The average molecular weight is 401 g/mol. The van der Waals surface area contributed by atoms with Gasteiger partial charge in [0.25, 0.3) is 5.91 Å². The molecule has 0 saturated carbocycles. The van der Waals surface area contributed by atoms with Crippen LogP contribution >= 0.6 is 0 Å². The highest BCUT2D eigenvalue weighted by molar-refractivity contribution is 6.03. The second-order valence-corrected chi connectivity index (χ2v) is 7.79. The fraction of sp³-hybridized carbons (Fsp3) is 0.273. The van der Waals surface area contributed by atoms with Crippen LogP contribution in [0, 0.1) is 0 Å². The van der Waals surface area contributed by atoms with Crippen molar-refractivity contribution in [1.82, 2.24) is 30.0 Å².